The molecule has 0 aliphatic heterocycles. The van der Waals surface area contributed by atoms with Crippen molar-refractivity contribution in [2.75, 3.05) is 10.6 Å². The van der Waals surface area contributed by atoms with E-state index in [0.29, 0.717) is 23.5 Å². The van der Waals surface area contributed by atoms with Gasteiger partial charge in [0.05, 0.1) is 0 Å². The second-order valence-electron chi connectivity index (χ2n) is 4.66. The third-order valence-electron chi connectivity index (χ3n) is 2.88. The van der Waals surface area contributed by atoms with Gasteiger partial charge in [0.25, 0.3) is 5.91 Å². The van der Waals surface area contributed by atoms with Crippen LogP contribution in [0.3, 0.4) is 0 Å². The zero-order chi connectivity index (χ0) is 15.2. The summed E-state index contributed by atoms with van der Waals surface area (Å²) in [5.41, 5.74) is 2.09. The maximum absolute atomic E-state index is 12.1. The number of rotatable bonds is 4. The molecule has 0 aliphatic carbocycles. The number of aromatic nitrogens is 1. The molecule has 108 valence electrons. The quantitative estimate of drug-likeness (QED) is 0.906. The largest absolute Gasteiger partial charge is 0.326 e. The molecule has 21 heavy (non-hydrogen) atoms. The van der Waals surface area contributed by atoms with E-state index in [9.17, 15) is 9.59 Å². The van der Waals surface area contributed by atoms with Crippen LogP contribution in [-0.2, 0) is 4.79 Å². The smallest absolute Gasteiger partial charge is 0.256 e. The molecule has 0 spiro atoms. The zero-order valence-corrected chi connectivity index (χ0v) is 12.0. The predicted octanol–water partition coefficient (Wildman–Crippen LogP) is 2.99. The fraction of sp³-hybridized carbons (Fsp3) is 0.188. The number of carbonyl (C=O) groups excluding carboxylic acids is 2. The van der Waals surface area contributed by atoms with E-state index in [1.165, 1.54) is 0 Å². The highest BCUT2D eigenvalue weighted by Gasteiger charge is 2.08. The Bertz CT molecular complexity index is 651. The SMILES string of the molecule is CCC(=O)Nc1cccc(C(=O)Nc2ccc(C)cn2)c1. The van der Waals surface area contributed by atoms with Crippen LogP contribution in [0.4, 0.5) is 11.5 Å². The second-order valence-corrected chi connectivity index (χ2v) is 4.66. The topological polar surface area (TPSA) is 71.1 Å². The van der Waals surface area contributed by atoms with Gasteiger partial charge < -0.3 is 10.6 Å². The molecule has 0 fully saturated rings. The molecule has 0 aliphatic rings. The summed E-state index contributed by atoms with van der Waals surface area (Å²) in [5, 5.41) is 5.44. The molecule has 1 aromatic carbocycles. The summed E-state index contributed by atoms with van der Waals surface area (Å²) >= 11 is 0. The third kappa shape index (κ3) is 4.14. The van der Waals surface area contributed by atoms with Crippen molar-refractivity contribution in [1.82, 2.24) is 4.98 Å². The van der Waals surface area contributed by atoms with Crippen LogP contribution in [0.2, 0.25) is 0 Å². The number of hydrogen-bond donors (Lipinski definition) is 2. The molecule has 0 unspecified atom stereocenters. The maximum Gasteiger partial charge on any atom is 0.256 e. The van der Waals surface area contributed by atoms with Crippen molar-refractivity contribution in [3.63, 3.8) is 0 Å². The number of anilines is 2. The Labute approximate surface area is 123 Å². The number of amides is 2. The second kappa shape index (κ2) is 6.65. The van der Waals surface area contributed by atoms with Gasteiger partial charge in [-0.25, -0.2) is 4.98 Å². The first-order valence-electron chi connectivity index (χ1n) is 6.72. The van der Waals surface area contributed by atoms with Crippen LogP contribution in [-0.4, -0.2) is 16.8 Å². The minimum absolute atomic E-state index is 0.0900. The molecule has 2 N–H and O–H groups in total. The van der Waals surface area contributed by atoms with Gasteiger partial charge in [0.2, 0.25) is 5.91 Å². The summed E-state index contributed by atoms with van der Waals surface area (Å²) in [7, 11) is 0. The van der Waals surface area contributed by atoms with Gasteiger partial charge in [-0.2, -0.15) is 0 Å². The lowest BCUT2D eigenvalue weighted by atomic mass is 10.2. The van der Waals surface area contributed by atoms with E-state index in [1.54, 1.807) is 43.5 Å². The molecule has 5 nitrogen and oxygen atoms in total. The average Bonchev–Trinajstić information content (AvgIpc) is 2.49. The number of aryl methyl sites for hydroxylation is 1. The van der Waals surface area contributed by atoms with E-state index in [1.807, 2.05) is 13.0 Å². The van der Waals surface area contributed by atoms with Gasteiger partial charge in [-0.15, -0.1) is 0 Å². The summed E-state index contributed by atoms with van der Waals surface area (Å²) in [6.07, 6.45) is 2.08. The van der Waals surface area contributed by atoms with Crippen molar-refractivity contribution in [3.8, 4) is 0 Å². The van der Waals surface area contributed by atoms with Crippen LogP contribution >= 0.6 is 0 Å². The summed E-state index contributed by atoms with van der Waals surface area (Å²) in [4.78, 5) is 27.6. The summed E-state index contributed by atoms with van der Waals surface area (Å²) in [5.74, 6) is 0.139. The summed E-state index contributed by atoms with van der Waals surface area (Å²) in [6, 6.07) is 10.4. The van der Waals surface area contributed by atoms with Crippen molar-refractivity contribution >= 4 is 23.3 Å². The van der Waals surface area contributed by atoms with Crippen LogP contribution in [0.15, 0.2) is 42.6 Å². The molecular weight excluding hydrogens is 266 g/mol. The van der Waals surface area contributed by atoms with Crippen molar-refractivity contribution in [2.24, 2.45) is 0 Å². The van der Waals surface area contributed by atoms with Crippen molar-refractivity contribution < 1.29 is 9.59 Å². The highest BCUT2D eigenvalue weighted by Crippen LogP contribution is 2.13. The van der Waals surface area contributed by atoms with Crippen LogP contribution in [0.5, 0.6) is 0 Å². The summed E-state index contributed by atoms with van der Waals surface area (Å²) < 4.78 is 0. The highest BCUT2D eigenvalue weighted by molar-refractivity contribution is 6.04. The Morgan fingerprint density at radius 2 is 1.95 bits per heavy atom. The lowest BCUT2D eigenvalue weighted by Gasteiger charge is -2.07. The first kappa shape index (κ1) is 14.7. The number of nitrogens with zero attached hydrogens (tertiary/aromatic N) is 1. The lowest BCUT2D eigenvalue weighted by molar-refractivity contribution is -0.115. The fourth-order valence-corrected chi connectivity index (χ4v) is 1.72. The summed E-state index contributed by atoms with van der Waals surface area (Å²) in [6.45, 7) is 3.70. The number of carbonyl (C=O) groups is 2. The molecule has 0 radical (unpaired) electrons. The number of nitrogens with one attached hydrogen (secondary N) is 2. The van der Waals surface area contributed by atoms with E-state index >= 15 is 0 Å². The van der Waals surface area contributed by atoms with Crippen molar-refractivity contribution in [2.45, 2.75) is 20.3 Å². The molecule has 0 saturated carbocycles. The molecule has 2 amide bonds. The van der Waals surface area contributed by atoms with Crippen LogP contribution in [0.25, 0.3) is 0 Å². The Hall–Kier alpha value is -2.69. The number of benzene rings is 1. The Morgan fingerprint density at radius 3 is 2.62 bits per heavy atom. The highest BCUT2D eigenvalue weighted by atomic mass is 16.2. The molecule has 2 aromatic rings. The minimum atomic E-state index is -0.265. The molecule has 0 bridgehead atoms. The molecular formula is C16H17N3O2. The Kier molecular flexibility index (Phi) is 4.66. The molecule has 2 rings (SSSR count). The third-order valence-corrected chi connectivity index (χ3v) is 2.88. The van der Waals surface area contributed by atoms with Crippen molar-refractivity contribution in [1.29, 1.82) is 0 Å². The molecule has 1 aromatic heterocycles. The van der Waals surface area contributed by atoms with E-state index in [2.05, 4.69) is 15.6 Å². The fourth-order valence-electron chi connectivity index (χ4n) is 1.72. The monoisotopic (exact) mass is 283 g/mol. The standard InChI is InChI=1S/C16H17N3O2/c1-3-15(20)18-13-6-4-5-12(9-13)16(21)19-14-8-7-11(2)10-17-14/h4-10H,3H2,1-2H3,(H,18,20)(H,17,19,21). The number of pyridine rings is 1. The first-order valence-corrected chi connectivity index (χ1v) is 6.72. The van der Waals surface area contributed by atoms with Gasteiger partial charge in [0, 0.05) is 23.9 Å². The Balaban J connectivity index is 2.10. The Morgan fingerprint density at radius 1 is 1.14 bits per heavy atom. The molecule has 5 heteroatoms. The normalized spacial score (nSPS) is 10.0. The van der Waals surface area contributed by atoms with Gasteiger partial charge in [-0.05, 0) is 36.8 Å². The molecule has 0 saturated heterocycles. The maximum atomic E-state index is 12.1. The van der Waals surface area contributed by atoms with E-state index in [0.717, 1.165) is 5.56 Å². The number of hydrogen-bond acceptors (Lipinski definition) is 3. The first-order chi connectivity index (χ1) is 10.1. The molecule has 1 heterocycles. The molecule has 0 atom stereocenters. The van der Waals surface area contributed by atoms with Crippen LogP contribution in [0.1, 0.15) is 29.3 Å². The van der Waals surface area contributed by atoms with Gasteiger partial charge in [-0.1, -0.05) is 19.1 Å². The van der Waals surface area contributed by atoms with E-state index < -0.39 is 0 Å². The van der Waals surface area contributed by atoms with Crippen molar-refractivity contribution in [3.05, 3.63) is 53.7 Å². The van der Waals surface area contributed by atoms with Gasteiger partial charge in [-0.3, -0.25) is 9.59 Å². The predicted molar refractivity (Wildman–Crippen MR) is 82.3 cm³/mol. The van der Waals surface area contributed by atoms with E-state index in [4.69, 9.17) is 0 Å². The zero-order valence-electron chi connectivity index (χ0n) is 12.0. The van der Waals surface area contributed by atoms with Gasteiger partial charge >= 0.3 is 0 Å². The minimum Gasteiger partial charge on any atom is -0.326 e. The van der Waals surface area contributed by atoms with Crippen LogP contribution in [0, 0.1) is 6.92 Å². The van der Waals surface area contributed by atoms with Crippen LogP contribution < -0.4 is 10.6 Å². The average molecular weight is 283 g/mol. The van der Waals surface area contributed by atoms with Gasteiger partial charge in [0.1, 0.15) is 5.82 Å². The lowest BCUT2D eigenvalue weighted by Crippen LogP contribution is -2.14. The van der Waals surface area contributed by atoms with E-state index in [-0.39, 0.29) is 11.8 Å². The van der Waals surface area contributed by atoms with Gasteiger partial charge in [0.15, 0.2) is 0 Å².